The van der Waals surface area contributed by atoms with E-state index in [1.54, 1.807) is 42.6 Å². The fraction of sp³-hybridized carbons (Fsp3) is 0.182. The number of carbonyl (C=O) groups excluding carboxylic acids is 1. The van der Waals surface area contributed by atoms with Crippen molar-refractivity contribution >= 4 is 17.4 Å². The van der Waals surface area contributed by atoms with Gasteiger partial charge in [0.2, 0.25) is 0 Å². The molecular weight excluding hydrogens is 373 g/mol. The molecule has 0 saturated carbocycles. The number of ether oxygens (including phenoxy) is 1. The number of urea groups is 1. The number of anilines is 2. The Bertz CT molecular complexity index is 1060. The second-order valence-electron chi connectivity index (χ2n) is 6.50. The van der Waals surface area contributed by atoms with Gasteiger partial charge < -0.3 is 19.9 Å². The van der Waals surface area contributed by atoms with Crippen LogP contribution in [-0.4, -0.2) is 17.2 Å². The number of benzene rings is 2. The molecule has 3 aromatic rings. The summed E-state index contributed by atoms with van der Waals surface area (Å²) in [5, 5.41) is 5.31. The molecule has 1 heterocycles. The Morgan fingerprint density at radius 2 is 1.76 bits per heavy atom. The van der Waals surface area contributed by atoms with Crippen LogP contribution in [0.1, 0.15) is 18.1 Å². The zero-order chi connectivity index (χ0) is 20.8. The Morgan fingerprint density at radius 3 is 2.48 bits per heavy atom. The van der Waals surface area contributed by atoms with E-state index < -0.39 is 6.03 Å². The number of hydrogen-bond donors (Lipinski definition) is 2. The summed E-state index contributed by atoms with van der Waals surface area (Å²) in [5.41, 5.74) is 1.88. The van der Waals surface area contributed by atoms with Crippen molar-refractivity contribution in [3.05, 3.63) is 88.1 Å². The van der Waals surface area contributed by atoms with Gasteiger partial charge in [-0.05, 0) is 55.3 Å². The highest BCUT2D eigenvalue weighted by Gasteiger charge is 2.12. The van der Waals surface area contributed by atoms with Crippen molar-refractivity contribution in [3.63, 3.8) is 0 Å². The van der Waals surface area contributed by atoms with Crippen LogP contribution >= 0.6 is 0 Å². The number of nitrogens with one attached hydrogen (secondary N) is 2. The molecule has 6 nitrogen and oxygen atoms in total. The van der Waals surface area contributed by atoms with Gasteiger partial charge in [0.05, 0.1) is 18.8 Å². The highest BCUT2D eigenvalue weighted by atomic mass is 19.1. The van der Waals surface area contributed by atoms with Crippen molar-refractivity contribution in [1.82, 2.24) is 4.57 Å². The number of halogens is 1. The molecule has 0 radical (unpaired) electrons. The Balaban J connectivity index is 1.79. The van der Waals surface area contributed by atoms with E-state index in [0.717, 1.165) is 11.1 Å². The predicted octanol–water partition coefficient (Wildman–Crippen LogP) is 4.39. The van der Waals surface area contributed by atoms with Crippen LogP contribution < -0.4 is 20.9 Å². The first kappa shape index (κ1) is 20.1. The fourth-order valence-corrected chi connectivity index (χ4v) is 2.91. The van der Waals surface area contributed by atoms with E-state index in [-0.39, 0.29) is 23.6 Å². The van der Waals surface area contributed by atoms with E-state index in [1.807, 2.05) is 19.9 Å². The molecule has 3 rings (SSSR count). The smallest absolute Gasteiger partial charge is 0.323 e. The summed E-state index contributed by atoms with van der Waals surface area (Å²) < 4.78 is 20.1. The second kappa shape index (κ2) is 9.05. The molecule has 29 heavy (non-hydrogen) atoms. The molecule has 0 spiro atoms. The van der Waals surface area contributed by atoms with Crippen molar-refractivity contribution < 1.29 is 13.9 Å². The van der Waals surface area contributed by atoms with E-state index in [1.165, 1.54) is 16.7 Å². The van der Waals surface area contributed by atoms with Crippen LogP contribution in [0.25, 0.3) is 0 Å². The molecule has 2 amide bonds. The highest BCUT2D eigenvalue weighted by Crippen LogP contribution is 2.23. The topological polar surface area (TPSA) is 72.4 Å². The normalized spacial score (nSPS) is 10.4. The maximum Gasteiger partial charge on any atom is 0.323 e. The maximum atomic E-state index is 13.1. The van der Waals surface area contributed by atoms with E-state index in [9.17, 15) is 14.0 Å². The third-order valence-corrected chi connectivity index (χ3v) is 4.17. The van der Waals surface area contributed by atoms with Crippen molar-refractivity contribution in [3.8, 4) is 5.75 Å². The Labute approximate surface area is 168 Å². The zero-order valence-corrected chi connectivity index (χ0v) is 16.2. The monoisotopic (exact) mass is 395 g/mol. The summed E-state index contributed by atoms with van der Waals surface area (Å²) in [6, 6.07) is 14.0. The van der Waals surface area contributed by atoms with Crippen molar-refractivity contribution in [2.45, 2.75) is 20.4 Å². The van der Waals surface area contributed by atoms with Gasteiger partial charge in [0.25, 0.3) is 5.56 Å². The van der Waals surface area contributed by atoms with Gasteiger partial charge in [-0.3, -0.25) is 4.79 Å². The van der Waals surface area contributed by atoms with Gasteiger partial charge >= 0.3 is 6.03 Å². The lowest BCUT2D eigenvalue weighted by atomic mass is 10.2. The van der Waals surface area contributed by atoms with Crippen LogP contribution in [0.15, 0.2) is 65.6 Å². The van der Waals surface area contributed by atoms with Gasteiger partial charge in [-0.2, -0.15) is 0 Å². The summed E-state index contributed by atoms with van der Waals surface area (Å²) in [4.78, 5) is 25.2. The van der Waals surface area contributed by atoms with Crippen LogP contribution in [-0.2, 0) is 6.54 Å². The van der Waals surface area contributed by atoms with Crippen LogP contribution in [0.4, 0.5) is 20.6 Å². The highest BCUT2D eigenvalue weighted by molar-refractivity contribution is 6.00. The molecule has 150 valence electrons. The summed E-state index contributed by atoms with van der Waals surface area (Å²) in [5.74, 6) is 0.208. The minimum atomic E-state index is -0.548. The summed E-state index contributed by atoms with van der Waals surface area (Å²) >= 11 is 0. The lowest BCUT2D eigenvalue weighted by molar-refractivity contribution is 0.262. The number of para-hydroxylation sites is 2. The summed E-state index contributed by atoms with van der Waals surface area (Å²) in [7, 11) is 0. The number of carbonyl (C=O) groups is 1. The van der Waals surface area contributed by atoms with E-state index >= 15 is 0 Å². The molecule has 1 aromatic heterocycles. The molecule has 2 aromatic carbocycles. The lowest BCUT2D eigenvalue weighted by Gasteiger charge is -2.13. The molecule has 0 saturated heterocycles. The molecule has 2 N–H and O–H groups in total. The minimum absolute atomic E-state index is 0.151. The van der Waals surface area contributed by atoms with Crippen LogP contribution in [0.2, 0.25) is 0 Å². The third-order valence-electron chi connectivity index (χ3n) is 4.17. The van der Waals surface area contributed by atoms with Gasteiger partial charge in [-0.1, -0.05) is 24.3 Å². The van der Waals surface area contributed by atoms with E-state index in [4.69, 9.17) is 4.74 Å². The van der Waals surface area contributed by atoms with Gasteiger partial charge in [-0.15, -0.1) is 0 Å². The number of pyridine rings is 1. The number of aromatic nitrogens is 1. The fourth-order valence-electron chi connectivity index (χ4n) is 2.91. The first-order chi connectivity index (χ1) is 14.0. The average Bonchev–Trinajstić information content (AvgIpc) is 2.69. The molecule has 7 heteroatoms. The summed E-state index contributed by atoms with van der Waals surface area (Å²) in [6.45, 7) is 4.41. The predicted molar refractivity (Wildman–Crippen MR) is 111 cm³/mol. The van der Waals surface area contributed by atoms with E-state index in [0.29, 0.717) is 18.0 Å². The van der Waals surface area contributed by atoms with Crippen molar-refractivity contribution in [1.29, 1.82) is 0 Å². The average molecular weight is 395 g/mol. The van der Waals surface area contributed by atoms with Crippen LogP contribution in [0.3, 0.4) is 0 Å². The SMILES string of the molecule is CCOc1ccccc1NC(=O)Nc1cc(C)cn(Cc2ccc(F)cc2)c1=O. The Hall–Kier alpha value is -3.61. The van der Waals surface area contributed by atoms with Gasteiger partial charge in [-0.25, -0.2) is 9.18 Å². The second-order valence-corrected chi connectivity index (χ2v) is 6.50. The molecule has 0 aliphatic rings. The van der Waals surface area contributed by atoms with Crippen LogP contribution in [0.5, 0.6) is 5.75 Å². The Morgan fingerprint density at radius 1 is 1.07 bits per heavy atom. The minimum Gasteiger partial charge on any atom is -0.492 e. The van der Waals surface area contributed by atoms with Crippen LogP contribution in [0, 0.1) is 12.7 Å². The standard InChI is InChI=1S/C22H22FN3O3/c1-3-29-20-7-5-4-6-18(20)24-22(28)25-19-12-15(2)13-26(21(19)27)14-16-8-10-17(23)11-9-16/h4-13H,3,14H2,1-2H3,(H2,24,25,28). The molecule has 0 aliphatic heterocycles. The quantitative estimate of drug-likeness (QED) is 0.650. The molecule has 0 fully saturated rings. The maximum absolute atomic E-state index is 13.1. The molecule has 0 bridgehead atoms. The number of hydrogen-bond acceptors (Lipinski definition) is 3. The third kappa shape index (κ3) is 5.22. The van der Waals surface area contributed by atoms with Gasteiger partial charge in [0.15, 0.2) is 0 Å². The van der Waals surface area contributed by atoms with Crippen molar-refractivity contribution in [2.24, 2.45) is 0 Å². The first-order valence-electron chi connectivity index (χ1n) is 9.21. The largest absolute Gasteiger partial charge is 0.492 e. The molecule has 0 unspecified atom stereocenters. The summed E-state index contributed by atoms with van der Waals surface area (Å²) in [6.07, 6.45) is 1.69. The zero-order valence-electron chi connectivity index (χ0n) is 16.2. The van der Waals surface area contributed by atoms with E-state index in [2.05, 4.69) is 10.6 Å². The first-order valence-corrected chi connectivity index (χ1v) is 9.21. The lowest BCUT2D eigenvalue weighted by Crippen LogP contribution is -2.28. The van der Waals surface area contributed by atoms with Gasteiger partial charge in [0, 0.05) is 6.20 Å². The number of amides is 2. The molecule has 0 aliphatic carbocycles. The van der Waals surface area contributed by atoms with Crippen molar-refractivity contribution in [2.75, 3.05) is 17.2 Å². The van der Waals surface area contributed by atoms with Gasteiger partial charge in [0.1, 0.15) is 17.3 Å². The molecule has 0 atom stereocenters. The number of aryl methyl sites for hydroxylation is 1. The Kier molecular flexibility index (Phi) is 6.29. The molecular formula is C22H22FN3O3. The number of nitrogens with zero attached hydrogens (tertiary/aromatic N) is 1. The number of rotatable bonds is 6.